The van der Waals surface area contributed by atoms with E-state index in [9.17, 15) is 0 Å². The quantitative estimate of drug-likeness (QED) is 0.0745. The molecule has 0 bridgehead atoms. The van der Waals surface area contributed by atoms with Gasteiger partial charge in [-0.1, -0.05) is 131 Å². The molecule has 0 aliphatic rings. The molecule has 0 spiro atoms. The van der Waals surface area contributed by atoms with Crippen LogP contribution in [0.1, 0.15) is 11.3 Å². The third-order valence-corrected chi connectivity index (χ3v) is 23.1. The second-order valence-corrected chi connectivity index (χ2v) is 32.6. The molecule has 0 saturated heterocycles. The number of benzene rings is 12. The van der Waals surface area contributed by atoms with Gasteiger partial charge in [0, 0.05) is 146 Å². The minimum Gasteiger partial charge on any atom is -0.460 e. The molecule has 24 aromatic rings. The third-order valence-electron chi connectivity index (χ3n) is 23.1. The SMILES string of the molecule is CN(C)c1cccnc1Oc1[c-]c(-c2[c-]c3c(cc2)c2ccccc2n3-c2ccccn2)ccc1.CN(C)c1ccnc(Oc2[c-]c(-c3[c-]c4c(cc3)c3ccccc3n4-c3ccccn3)ccc2)c1.Cc1ccc(Oc2[c-]c(-c3[c-]c4c(cc3)c3ccccc3n4-c3ccccn3)ccc2)nc1.Cc1cccc(Oc2[c-]c(-c3[c-]c4c(cc3)c3ccccc3n4-c3ccccn3)ccc2)n1.[Pt+2].[Pt+2].[Pt+2].[Pt+2]. The summed E-state index contributed by atoms with van der Waals surface area (Å²) in [5.74, 6) is 8.05. The summed E-state index contributed by atoms with van der Waals surface area (Å²) in [6.45, 7) is 3.94. The molecule has 0 aliphatic heterocycles. The molecule has 0 N–H and O–H groups in total. The molecule has 0 unspecified atom stereocenters. The van der Waals surface area contributed by atoms with E-state index < -0.39 is 0 Å². The van der Waals surface area contributed by atoms with Crippen LogP contribution in [-0.4, -0.2) is 86.3 Å². The molecular weight excluding hydrogens is 2460 g/mol. The van der Waals surface area contributed by atoms with Crippen molar-refractivity contribution in [3.63, 3.8) is 0 Å². The molecule has 140 heavy (non-hydrogen) atoms. The van der Waals surface area contributed by atoms with Crippen molar-refractivity contribution in [1.29, 1.82) is 0 Å². The monoisotopic (exact) mass is 2540 g/mol. The van der Waals surface area contributed by atoms with E-state index in [0.717, 1.165) is 156 Å². The Morgan fingerprint density at radius 2 is 0.586 bits per heavy atom. The van der Waals surface area contributed by atoms with Gasteiger partial charge in [-0.25, -0.2) is 84.4 Å². The number of rotatable bonds is 18. The maximum atomic E-state index is 6.12. The Morgan fingerprint density at radius 1 is 0.243 bits per heavy atom. The van der Waals surface area contributed by atoms with Crippen LogP contribution >= 0.6 is 0 Å². The van der Waals surface area contributed by atoms with Crippen LogP contribution in [0.4, 0.5) is 11.4 Å². The Morgan fingerprint density at radius 3 is 0.936 bits per heavy atom. The number of nitrogens with zero attached hydrogens (tertiary/aromatic N) is 14. The molecule has 688 valence electrons. The summed E-state index contributed by atoms with van der Waals surface area (Å²) < 4.78 is 32.7. The normalized spacial score (nSPS) is 10.8. The predicted octanol–water partition coefficient (Wildman–Crippen LogP) is 27.3. The Labute approximate surface area is 867 Å². The molecule has 0 atom stereocenters. The van der Waals surface area contributed by atoms with Gasteiger partial charge in [-0.2, -0.15) is 97.1 Å². The maximum absolute atomic E-state index is 6.12. The number of aromatic nitrogens is 12. The molecule has 12 heterocycles. The number of hydrogen-bond donors (Lipinski definition) is 0. The zero-order valence-corrected chi connectivity index (χ0v) is 85.2. The summed E-state index contributed by atoms with van der Waals surface area (Å²) in [4.78, 5) is 39.9. The minimum absolute atomic E-state index is 0. The molecule has 18 nitrogen and oxygen atoms in total. The molecule has 12 aromatic heterocycles. The van der Waals surface area contributed by atoms with Crippen LogP contribution in [-0.2, 0) is 84.3 Å². The van der Waals surface area contributed by atoms with E-state index in [1.165, 1.54) is 21.5 Å². The van der Waals surface area contributed by atoms with Crippen molar-refractivity contribution in [2.45, 2.75) is 13.8 Å². The van der Waals surface area contributed by atoms with Crippen LogP contribution in [0.3, 0.4) is 0 Å². The van der Waals surface area contributed by atoms with Gasteiger partial charge in [0.05, 0.1) is 5.69 Å². The number of hydrogen-bond acceptors (Lipinski definition) is 14. The van der Waals surface area contributed by atoms with Gasteiger partial charge in [-0.3, -0.25) is 0 Å². The summed E-state index contributed by atoms with van der Waals surface area (Å²) in [6.07, 6.45) is 12.5. The first-order valence-electron chi connectivity index (χ1n) is 44.3. The van der Waals surface area contributed by atoms with E-state index in [-0.39, 0.29) is 84.3 Å². The first kappa shape index (κ1) is 96.3. The number of aryl methyl sites for hydroxylation is 2. The molecular formula is C118H82N14O4Pt4. The van der Waals surface area contributed by atoms with E-state index in [1.807, 2.05) is 277 Å². The van der Waals surface area contributed by atoms with E-state index in [0.29, 0.717) is 46.5 Å². The average Bonchev–Trinajstić information content (AvgIpc) is 1.61. The van der Waals surface area contributed by atoms with Gasteiger partial charge < -0.3 is 47.0 Å². The Hall–Kier alpha value is -15.4. The van der Waals surface area contributed by atoms with Crippen LogP contribution in [0.5, 0.6) is 46.5 Å². The van der Waals surface area contributed by atoms with Gasteiger partial charge in [-0.05, 0) is 160 Å². The molecule has 0 fully saturated rings. The molecule has 0 aliphatic carbocycles. The zero-order chi connectivity index (χ0) is 92.0. The van der Waals surface area contributed by atoms with Gasteiger partial charge in [0.15, 0.2) is 0 Å². The van der Waals surface area contributed by atoms with Crippen molar-refractivity contribution in [2.24, 2.45) is 0 Å². The van der Waals surface area contributed by atoms with Gasteiger partial charge in [0.25, 0.3) is 0 Å². The van der Waals surface area contributed by atoms with Crippen molar-refractivity contribution >= 4 is 98.6 Å². The summed E-state index contributed by atoms with van der Waals surface area (Å²) in [5, 5.41) is 9.22. The summed E-state index contributed by atoms with van der Waals surface area (Å²) in [7, 11) is 7.91. The maximum Gasteiger partial charge on any atom is 2.00 e. The second kappa shape index (κ2) is 43.5. The molecule has 0 amide bonds. The van der Waals surface area contributed by atoms with Gasteiger partial charge in [-0.15, -0.1) is 72.8 Å². The smallest absolute Gasteiger partial charge is 0.460 e. The van der Waals surface area contributed by atoms with Crippen molar-refractivity contribution in [3.8, 4) is 114 Å². The average molecular weight is 2540 g/mol. The Balaban J connectivity index is 0.000000128. The molecule has 0 saturated carbocycles. The number of pyridine rings is 8. The van der Waals surface area contributed by atoms with Crippen molar-refractivity contribution in [3.05, 3.63) is 449 Å². The van der Waals surface area contributed by atoms with Crippen LogP contribution in [0, 0.1) is 62.4 Å². The van der Waals surface area contributed by atoms with Crippen LogP contribution in [0.2, 0.25) is 0 Å². The van der Waals surface area contributed by atoms with Gasteiger partial charge in [0.1, 0.15) is 23.3 Å². The van der Waals surface area contributed by atoms with E-state index in [4.69, 9.17) is 18.9 Å². The first-order valence-corrected chi connectivity index (χ1v) is 44.3. The van der Waals surface area contributed by atoms with E-state index >= 15 is 0 Å². The number of para-hydroxylation sites is 4. The van der Waals surface area contributed by atoms with Crippen LogP contribution in [0.25, 0.3) is 155 Å². The van der Waals surface area contributed by atoms with Crippen molar-refractivity contribution in [1.82, 2.24) is 58.1 Å². The third kappa shape index (κ3) is 20.5. The first-order chi connectivity index (χ1) is 66.9. The number of ether oxygens (including phenoxy) is 4. The summed E-state index contributed by atoms with van der Waals surface area (Å²) in [5.41, 5.74) is 19.5. The molecule has 22 heteroatoms. The fraction of sp³-hybridized carbons (Fsp3) is 0.0508. The standard InChI is InChI=1S/2C30H22N4O.2C29H19N3O.4Pt/c1-33(2)27-13-8-18-32-30(27)35-23-10-7-9-21(19-23)22-15-16-25-24-11-3-4-12-26(24)34(28(25)20-22)29-14-5-6-17-31-29;1-33(2)23-15-17-32-30(20-23)35-24-9-7-8-21(18-24)22-13-14-26-25-10-3-4-11-27(25)34(28(26)19-22)29-12-5-6-16-31-29;1-20-8-6-14-29(31-20)33-23-10-7-9-21(18-23)22-15-16-25-24-11-2-3-12-26(24)32(27(25)19-22)28-13-4-5-17-30-28;1-20-12-15-29(31-19-20)33-23-8-6-7-21(17-23)22-13-14-25-24-9-2-3-10-26(24)32(27(25)18-22)28-11-4-5-16-30-28;;;;/h3-18H,1-2H3;3-17,20H,1-2H3;2-17H,1H3;2-16,19H,1H3;;;;/q4*-2;4*+2. The molecule has 24 rings (SSSR count). The molecule has 0 radical (unpaired) electrons. The largest absolute Gasteiger partial charge is 2.00 e. The van der Waals surface area contributed by atoms with Crippen molar-refractivity contribution in [2.75, 3.05) is 38.0 Å². The number of fused-ring (bicyclic) bond motifs is 12. The van der Waals surface area contributed by atoms with Crippen LogP contribution in [0.15, 0.2) is 389 Å². The zero-order valence-electron chi connectivity index (χ0n) is 76.1. The van der Waals surface area contributed by atoms with E-state index in [2.05, 4.69) is 252 Å². The number of anilines is 2. The van der Waals surface area contributed by atoms with Gasteiger partial charge in [0.2, 0.25) is 23.5 Å². The van der Waals surface area contributed by atoms with Crippen molar-refractivity contribution < 1.29 is 103 Å². The topological polar surface area (TPSA) is 166 Å². The Kier molecular flexibility index (Phi) is 29.9. The molecule has 12 aromatic carbocycles. The fourth-order valence-corrected chi connectivity index (χ4v) is 16.8. The van der Waals surface area contributed by atoms with E-state index in [1.54, 1.807) is 18.6 Å². The predicted molar refractivity (Wildman–Crippen MR) is 542 cm³/mol. The summed E-state index contributed by atoms with van der Waals surface area (Å²) >= 11 is 0. The fourth-order valence-electron chi connectivity index (χ4n) is 16.8. The van der Waals surface area contributed by atoms with Gasteiger partial charge >= 0.3 is 84.3 Å². The van der Waals surface area contributed by atoms with Crippen LogP contribution < -0.4 is 28.7 Å². The summed E-state index contributed by atoms with van der Waals surface area (Å²) in [6, 6.07) is 143. The Bertz CT molecular complexity index is 8500. The second-order valence-electron chi connectivity index (χ2n) is 32.6. The minimum atomic E-state index is 0.